The quantitative estimate of drug-likeness (QED) is 0.866. The molecule has 0 fully saturated rings. The summed E-state index contributed by atoms with van der Waals surface area (Å²) >= 11 is 0. The average Bonchev–Trinajstić information content (AvgIpc) is 2.64. The van der Waals surface area contributed by atoms with Crippen molar-refractivity contribution in [3.05, 3.63) is 22.5 Å². The number of nitrogens with one attached hydrogen (secondary N) is 1. The average molecular weight is 321 g/mol. The van der Waals surface area contributed by atoms with E-state index in [1.165, 1.54) is 34.6 Å². The van der Waals surface area contributed by atoms with E-state index in [4.69, 9.17) is 4.74 Å². The topological polar surface area (TPSA) is 68.4 Å². The van der Waals surface area contributed by atoms with Crippen molar-refractivity contribution in [2.24, 2.45) is 0 Å². The summed E-state index contributed by atoms with van der Waals surface area (Å²) in [6, 6.07) is 0. The lowest BCUT2D eigenvalue weighted by Crippen LogP contribution is -2.26. The van der Waals surface area contributed by atoms with Gasteiger partial charge in [-0.05, 0) is 34.6 Å². The fourth-order valence-electron chi connectivity index (χ4n) is 1.85. The number of halogens is 3. The molecule has 0 bridgehead atoms. The third kappa shape index (κ3) is 4.02. The molecule has 0 aliphatic heterocycles. The van der Waals surface area contributed by atoms with Crippen LogP contribution in [0, 0.1) is 6.92 Å². The summed E-state index contributed by atoms with van der Waals surface area (Å²) in [5, 5.41) is 0. The van der Waals surface area contributed by atoms with Gasteiger partial charge in [0.1, 0.15) is 16.9 Å². The molecule has 0 atom stereocenters. The SMILES string of the molecule is CCOC(=O)c1[nH]c(C)c(C(=O)OC(C)(C)C)c1C(F)(F)F. The predicted octanol–water partition coefficient (Wildman–Crippen LogP) is 3.47. The fourth-order valence-corrected chi connectivity index (χ4v) is 1.85. The summed E-state index contributed by atoms with van der Waals surface area (Å²) in [4.78, 5) is 26.0. The Bertz CT molecular complexity index is 582. The van der Waals surface area contributed by atoms with Crippen LogP contribution in [0.3, 0.4) is 0 Å². The van der Waals surface area contributed by atoms with Crippen molar-refractivity contribution in [2.45, 2.75) is 46.4 Å². The molecule has 0 radical (unpaired) electrons. The number of rotatable bonds is 3. The molecule has 22 heavy (non-hydrogen) atoms. The maximum Gasteiger partial charge on any atom is 0.419 e. The van der Waals surface area contributed by atoms with E-state index < -0.39 is 40.5 Å². The number of H-pyrrole nitrogens is 1. The molecule has 1 heterocycles. The Balaban J connectivity index is 3.45. The van der Waals surface area contributed by atoms with Crippen molar-refractivity contribution >= 4 is 11.9 Å². The second kappa shape index (κ2) is 6.02. The highest BCUT2D eigenvalue weighted by Gasteiger charge is 2.44. The number of esters is 2. The van der Waals surface area contributed by atoms with Gasteiger partial charge in [-0.2, -0.15) is 13.2 Å². The predicted molar refractivity (Wildman–Crippen MR) is 71.7 cm³/mol. The van der Waals surface area contributed by atoms with Crippen LogP contribution in [0.2, 0.25) is 0 Å². The summed E-state index contributed by atoms with van der Waals surface area (Å²) in [7, 11) is 0. The first-order valence-electron chi connectivity index (χ1n) is 6.58. The van der Waals surface area contributed by atoms with Crippen molar-refractivity contribution in [1.29, 1.82) is 0 Å². The van der Waals surface area contributed by atoms with Gasteiger partial charge in [-0.25, -0.2) is 9.59 Å². The lowest BCUT2D eigenvalue weighted by atomic mass is 10.1. The molecule has 1 rings (SSSR count). The standard InChI is InChI=1S/C14H18F3NO4/c1-6-21-12(20)10-9(14(15,16)17)8(7(2)18-10)11(19)22-13(3,4)5/h18H,6H2,1-5H3. The molecule has 0 spiro atoms. The van der Waals surface area contributed by atoms with Crippen molar-refractivity contribution < 1.29 is 32.2 Å². The number of aromatic nitrogens is 1. The van der Waals surface area contributed by atoms with Crippen LogP contribution in [0.15, 0.2) is 0 Å². The molecule has 0 aromatic carbocycles. The first-order valence-corrected chi connectivity index (χ1v) is 6.58. The Morgan fingerprint density at radius 3 is 2.09 bits per heavy atom. The summed E-state index contributed by atoms with van der Waals surface area (Å²) in [5.74, 6) is -2.32. The van der Waals surface area contributed by atoms with Crippen LogP contribution >= 0.6 is 0 Å². The summed E-state index contributed by atoms with van der Waals surface area (Å²) in [5.41, 5.74) is -3.94. The fraction of sp³-hybridized carbons (Fsp3) is 0.571. The molecular formula is C14H18F3NO4. The third-order valence-corrected chi connectivity index (χ3v) is 2.55. The maximum atomic E-state index is 13.3. The van der Waals surface area contributed by atoms with Crippen LogP contribution in [0.4, 0.5) is 13.2 Å². The Hall–Kier alpha value is -1.99. The van der Waals surface area contributed by atoms with Crippen LogP contribution in [-0.2, 0) is 15.7 Å². The monoisotopic (exact) mass is 321 g/mol. The minimum atomic E-state index is -4.90. The van der Waals surface area contributed by atoms with Gasteiger partial charge in [0, 0.05) is 5.69 Å². The van der Waals surface area contributed by atoms with Crippen molar-refractivity contribution in [2.75, 3.05) is 6.61 Å². The van der Waals surface area contributed by atoms with E-state index >= 15 is 0 Å². The highest BCUT2D eigenvalue weighted by atomic mass is 19.4. The van der Waals surface area contributed by atoms with Gasteiger partial charge in [0.25, 0.3) is 0 Å². The van der Waals surface area contributed by atoms with E-state index in [0.29, 0.717) is 0 Å². The van der Waals surface area contributed by atoms with E-state index in [1.54, 1.807) is 0 Å². The van der Waals surface area contributed by atoms with E-state index in [1.807, 2.05) is 0 Å². The largest absolute Gasteiger partial charge is 0.461 e. The number of carbonyl (C=O) groups is 2. The van der Waals surface area contributed by atoms with Gasteiger partial charge in [0.15, 0.2) is 0 Å². The van der Waals surface area contributed by atoms with Gasteiger partial charge >= 0.3 is 18.1 Å². The Morgan fingerprint density at radius 2 is 1.68 bits per heavy atom. The summed E-state index contributed by atoms with van der Waals surface area (Å²) in [6.45, 7) is 7.24. The molecule has 0 unspecified atom stereocenters. The zero-order valence-corrected chi connectivity index (χ0v) is 13.0. The number of alkyl halides is 3. The summed E-state index contributed by atoms with van der Waals surface area (Å²) in [6.07, 6.45) is -4.90. The molecule has 5 nitrogen and oxygen atoms in total. The Labute approximate surface area is 125 Å². The van der Waals surface area contributed by atoms with Gasteiger partial charge < -0.3 is 14.5 Å². The van der Waals surface area contributed by atoms with Gasteiger partial charge in [0.05, 0.1) is 12.2 Å². The highest BCUT2D eigenvalue weighted by Crippen LogP contribution is 2.37. The minimum absolute atomic E-state index is 0.0873. The first-order chi connectivity index (χ1) is 9.88. The van der Waals surface area contributed by atoms with Crippen molar-refractivity contribution in [3.63, 3.8) is 0 Å². The van der Waals surface area contributed by atoms with Crippen LogP contribution in [0.1, 0.15) is 59.8 Å². The first kappa shape index (κ1) is 18.1. The normalized spacial score (nSPS) is 12.2. The van der Waals surface area contributed by atoms with Gasteiger partial charge in [-0.3, -0.25) is 0 Å². The van der Waals surface area contributed by atoms with E-state index in [9.17, 15) is 22.8 Å². The molecule has 1 N–H and O–H groups in total. The number of hydrogen-bond donors (Lipinski definition) is 1. The molecule has 124 valence electrons. The van der Waals surface area contributed by atoms with Crippen molar-refractivity contribution in [3.8, 4) is 0 Å². The molecule has 1 aromatic heterocycles. The van der Waals surface area contributed by atoms with Crippen LogP contribution in [0.25, 0.3) is 0 Å². The number of hydrogen-bond acceptors (Lipinski definition) is 4. The van der Waals surface area contributed by atoms with Crippen LogP contribution in [-0.4, -0.2) is 29.1 Å². The number of ether oxygens (including phenoxy) is 2. The third-order valence-electron chi connectivity index (χ3n) is 2.55. The second-order valence-electron chi connectivity index (χ2n) is 5.60. The smallest absolute Gasteiger partial charge is 0.419 e. The Kier molecular flexibility index (Phi) is 4.94. The molecule has 0 aliphatic rings. The molecule has 8 heteroatoms. The lowest BCUT2D eigenvalue weighted by molar-refractivity contribution is -0.138. The minimum Gasteiger partial charge on any atom is -0.461 e. The van der Waals surface area contributed by atoms with Gasteiger partial charge in [0.2, 0.25) is 0 Å². The van der Waals surface area contributed by atoms with Gasteiger partial charge in [-0.1, -0.05) is 0 Å². The van der Waals surface area contributed by atoms with E-state index in [-0.39, 0.29) is 12.3 Å². The van der Waals surface area contributed by atoms with Gasteiger partial charge in [-0.15, -0.1) is 0 Å². The molecule has 0 aliphatic carbocycles. The molecule has 0 saturated heterocycles. The molecular weight excluding hydrogens is 303 g/mol. The Morgan fingerprint density at radius 1 is 1.14 bits per heavy atom. The summed E-state index contributed by atoms with van der Waals surface area (Å²) < 4.78 is 49.4. The molecule has 0 saturated carbocycles. The lowest BCUT2D eigenvalue weighted by Gasteiger charge is -2.20. The zero-order chi connectivity index (χ0) is 17.3. The second-order valence-corrected chi connectivity index (χ2v) is 5.60. The van der Waals surface area contributed by atoms with Crippen LogP contribution < -0.4 is 0 Å². The number of carbonyl (C=O) groups excluding carboxylic acids is 2. The number of aromatic amines is 1. The zero-order valence-electron chi connectivity index (χ0n) is 13.0. The molecule has 1 aromatic rings. The number of aryl methyl sites for hydroxylation is 1. The molecule has 0 amide bonds. The van der Waals surface area contributed by atoms with Crippen molar-refractivity contribution in [1.82, 2.24) is 4.98 Å². The van der Waals surface area contributed by atoms with E-state index in [2.05, 4.69) is 9.72 Å². The highest BCUT2D eigenvalue weighted by molar-refractivity contribution is 5.99. The maximum absolute atomic E-state index is 13.3. The van der Waals surface area contributed by atoms with Crippen LogP contribution in [0.5, 0.6) is 0 Å². The van der Waals surface area contributed by atoms with E-state index in [0.717, 1.165) is 0 Å².